The van der Waals surface area contributed by atoms with Gasteiger partial charge in [0.25, 0.3) is 0 Å². The number of carbonyl (C=O) groups is 2. The predicted molar refractivity (Wildman–Crippen MR) is 160 cm³/mol. The molecule has 0 saturated heterocycles. The summed E-state index contributed by atoms with van der Waals surface area (Å²) in [7, 11) is 0. The van der Waals surface area contributed by atoms with E-state index in [1.54, 1.807) is 24.3 Å². The van der Waals surface area contributed by atoms with E-state index in [-0.39, 0.29) is 23.4 Å². The van der Waals surface area contributed by atoms with Gasteiger partial charge >= 0.3 is 6.03 Å². The van der Waals surface area contributed by atoms with Crippen LogP contribution in [0.2, 0.25) is 0 Å². The van der Waals surface area contributed by atoms with Gasteiger partial charge in [0.05, 0.1) is 30.4 Å². The maximum absolute atomic E-state index is 12.7. The summed E-state index contributed by atoms with van der Waals surface area (Å²) in [6.45, 7) is 4.35. The third-order valence-corrected chi connectivity index (χ3v) is 10.1. The van der Waals surface area contributed by atoms with E-state index in [1.807, 2.05) is 12.5 Å². The number of benzene rings is 2. The molecule has 3 aliphatic rings. The standard InChI is InChI=1S/C33H41N5O3/c1-3-33(31(40)15-29-27-6-4-5-7-28(27)30-19-34-20-38(29)30)16-22-8-9-23(24(14-22)17-33)18-35-32(41)37-26-12-10-25(11-13-26)36-21(2)39/h4-7,10-13,19-20,22-24,29,31,40H,3,8-9,14-18H2,1-2H3,(H,36,39)(H2,35,37,41). The highest BCUT2D eigenvalue weighted by Crippen LogP contribution is 2.55. The first-order chi connectivity index (χ1) is 19.8. The normalized spacial score (nSPS) is 26.9. The Bertz CT molecular complexity index is 1400. The van der Waals surface area contributed by atoms with Crippen molar-refractivity contribution in [2.45, 2.75) is 70.9 Å². The maximum atomic E-state index is 12.7. The van der Waals surface area contributed by atoms with Crippen LogP contribution in [0.15, 0.2) is 61.1 Å². The number of carbonyl (C=O) groups excluding carboxylic acids is 2. The van der Waals surface area contributed by atoms with Gasteiger partial charge < -0.3 is 25.6 Å². The van der Waals surface area contributed by atoms with Crippen LogP contribution in [-0.4, -0.2) is 39.2 Å². The Balaban J connectivity index is 1.09. The van der Waals surface area contributed by atoms with Crippen LogP contribution in [0.25, 0.3) is 11.3 Å². The van der Waals surface area contributed by atoms with E-state index >= 15 is 0 Å². The summed E-state index contributed by atoms with van der Waals surface area (Å²) in [6, 6.07) is 15.5. The van der Waals surface area contributed by atoms with Crippen LogP contribution in [0, 0.1) is 23.2 Å². The Labute approximate surface area is 242 Å². The van der Waals surface area contributed by atoms with E-state index in [4.69, 9.17) is 0 Å². The monoisotopic (exact) mass is 555 g/mol. The van der Waals surface area contributed by atoms with Crippen LogP contribution in [0.1, 0.15) is 70.4 Å². The second-order valence-corrected chi connectivity index (χ2v) is 12.5. The fourth-order valence-corrected chi connectivity index (χ4v) is 7.98. The number of amides is 3. The number of nitrogens with one attached hydrogen (secondary N) is 3. The second-order valence-electron chi connectivity index (χ2n) is 12.5. The minimum absolute atomic E-state index is 0.109. The minimum atomic E-state index is -0.403. The molecule has 1 aliphatic heterocycles. The smallest absolute Gasteiger partial charge is 0.319 e. The van der Waals surface area contributed by atoms with Gasteiger partial charge in [0, 0.05) is 30.4 Å². The molecule has 8 nitrogen and oxygen atoms in total. The molecule has 8 heteroatoms. The Morgan fingerprint density at radius 2 is 1.83 bits per heavy atom. The number of imidazole rings is 1. The lowest BCUT2D eigenvalue weighted by Gasteiger charge is -2.52. The number of hydrogen-bond donors (Lipinski definition) is 4. The highest BCUT2D eigenvalue weighted by Gasteiger charge is 2.49. The topological polar surface area (TPSA) is 108 Å². The highest BCUT2D eigenvalue weighted by atomic mass is 16.3. The third-order valence-electron chi connectivity index (χ3n) is 10.1. The van der Waals surface area contributed by atoms with Crippen molar-refractivity contribution in [1.29, 1.82) is 0 Å². The molecule has 2 saturated carbocycles. The lowest BCUT2D eigenvalue weighted by atomic mass is 9.55. The van der Waals surface area contributed by atoms with Crippen LogP contribution in [0.4, 0.5) is 16.2 Å². The Kier molecular flexibility index (Phi) is 7.60. The number of hydrogen-bond acceptors (Lipinski definition) is 4. The van der Waals surface area contributed by atoms with Crippen molar-refractivity contribution in [2.75, 3.05) is 17.2 Å². The van der Waals surface area contributed by atoms with E-state index < -0.39 is 6.10 Å². The molecular formula is C33H41N5O3. The van der Waals surface area contributed by atoms with Gasteiger partial charge in [-0.05, 0) is 91.5 Å². The molecule has 3 aromatic rings. The molecule has 0 spiro atoms. The van der Waals surface area contributed by atoms with E-state index in [9.17, 15) is 14.7 Å². The zero-order valence-corrected chi connectivity index (χ0v) is 24.0. The molecule has 3 amide bonds. The Hall–Kier alpha value is -3.65. The molecule has 6 atom stereocenters. The van der Waals surface area contributed by atoms with Crippen molar-refractivity contribution in [3.8, 4) is 11.3 Å². The molecule has 6 unspecified atom stereocenters. The Morgan fingerprint density at radius 3 is 2.59 bits per heavy atom. The maximum Gasteiger partial charge on any atom is 0.319 e. The van der Waals surface area contributed by atoms with Gasteiger partial charge in [-0.15, -0.1) is 0 Å². The first-order valence-corrected chi connectivity index (χ1v) is 15.1. The second kappa shape index (κ2) is 11.3. The summed E-state index contributed by atoms with van der Waals surface area (Å²) in [5.41, 5.74) is 4.91. The minimum Gasteiger partial charge on any atom is -0.392 e. The summed E-state index contributed by atoms with van der Waals surface area (Å²) in [6.07, 6.45) is 10.6. The molecule has 4 N–H and O–H groups in total. The fraction of sp³-hybridized carbons (Fsp3) is 0.485. The molecular weight excluding hydrogens is 514 g/mol. The summed E-state index contributed by atoms with van der Waals surface area (Å²) in [4.78, 5) is 28.4. The molecule has 2 aliphatic carbocycles. The molecule has 0 radical (unpaired) electrons. The number of rotatable bonds is 8. The van der Waals surface area contributed by atoms with Crippen LogP contribution in [-0.2, 0) is 4.79 Å². The molecule has 2 aromatic carbocycles. The van der Waals surface area contributed by atoms with Crippen molar-refractivity contribution in [1.82, 2.24) is 14.9 Å². The van der Waals surface area contributed by atoms with Crippen molar-refractivity contribution in [2.24, 2.45) is 23.2 Å². The van der Waals surface area contributed by atoms with Crippen LogP contribution < -0.4 is 16.0 Å². The first kappa shape index (κ1) is 27.5. The summed E-state index contributed by atoms with van der Waals surface area (Å²) in [5, 5.41) is 20.7. The van der Waals surface area contributed by atoms with Gasteiger partial charge in [-0.2, -0.15) is 0 Å². The summed E-state index contributed by atoms with van der Waals surface area (Å²) >= 11 is 0. The largest absolute Gasteiger partial charge is 0.392 e. The van der Waals surface area contributed by atoms with Gasteiger partial charge in [0.15, 0.2) is 0 Å². The lowest BCUT2D eigenvalue weighted by Crippen LogP contribution is -2.48. The molecule has 1 aromatic heterocycles. The highest BCUT2D eigenvalue weighted by molar-refractivity contribution is 5.91. The zero-order valence-electron chi connectivity index (χ0n) is 24.0. The first-order valence-electron chi connectivity index (χ1n) is 15.1. The number of aliphatic hydroxyl groups excluding tert-OH is 1. The number of aromatic nitrogens is 2. The SMILES string of the molecule is CCC1(C(O)CC2c3ccccc3-c3cncn32)CC2CCC(CNC(=O)Nc3ccc(NC(C)=O)cc3)C(C2)C1. The number of urea groups is 1. The number of anilines is 2. The predicted octanol–water partition coefficient (Wildman–Crippen LogP) is 6.21. The number of nitrogens with zero attached hydrogens (tertiary/aromatic N) is 2. The Morgan fingerprint density at radius 1 is 1.07 bits per heavy atom. The number of fused-ring (bicyclic) bond motifs is 5. The molecule has 216 valence electrons. The van der Waals surface area contributed by atoms with Gasteiger partial charge in [0.2, 0.25) is 5.91 Å². The lowest BCUT2D eigenvalue weighted by molar-refractivity contribution is -0.114. The average molecular weight is 556 g/mol. The van der Waals surface area contributed by atoms with E-state index in [2.05, 4.69) is 56.7 Å². The van der Waals surface area contributed by atoms with Gasteiger partial charge in [-0.1, -0.05) is 37.6 Å². The van der Waals surface area contributed by atoms with E-state index in [0.29, 0.717) is 42.1 Å². The van der Waals surface area contributed by atoms with Gasteiger partial charge in [-0.3, -0.25) is 4.79 Å². The summed E-state index contributed by atoms with van der Waals surface area (Å²) < 4.78 is 2.24. The molecule has 2 fully saturated rings. The van der Waals surface area contributed by atoms with E-state index in [0.717, 1.165) is 37.8 Å². The van der Waals surface area contributed by atoms with E-state index in [1.165, 1.54) is 24.5 Å². The summed E-state index contributed by atoms with van der Waals surface area (Å²) in [5.74, 6) is 1.41. The van der Waals surface area contributed by atoms with Gasteiger partial charge in [0.1, 0.15) is 0 Å². The fourth-order valence-electron chi connectivity index (χ4n) is 7.98. The van der Waals surface area contributed by atoms with Crippen molar-refractivity contribution in [3.63, 3.8) is 0 Å². The number of aliphatic hydroxyl groups is 1. The molecule has 41 heavy (non-hydrogen) atoms. The van der Waals surface area contributed by atoms with Crippen LogP contribution in [0.5, 0.6) is 0 Å². The van der Waals surface area contributed by atoms with Crippen LogP contribution >= 0.6 is 0 Å². The molecule has 2 heterocycles. The molecule has 6 rings (SSSR count). The van der Waals surface area contributed by atoms with Crippen LogP contribution in [0.3, 0.4) is 0 Å². The molecule has 2 bridgehead atoms. The van der Waals surface area contributed by atoms with Crippen molar-refractivity contribution >= 4 is 23.3 Å². The van der Waals surface area contributed by atoms with Crippen molar-refractivity contribution in [3.05, 3.63) is 66.6 Å². The van der Waals surface area contributed by atoms with Gasteiger partial charge in [-0.25, -0.2) is 9.78 Å². The zero-order chi connectivity index (χ0) is 28.6. The van der Waals surface area contributed by atoms with Crippen molar-refractivity contribution < 1.29 is 14.7 Å². The average Bonchev–Trinajstić information content (AvgIpc) is 3.55. The third kappa shape index (κ3) is 5.49. The quantitative estimate of drug-likeness (QED) is 0.265.